The highest BCUT2D eigenvalue weighted by molar-refractivity contribution is 9.10. The van der Waals surface area contributed by atoms with Crippen molar-refractivity contribution in [3.8, 4) is 0 Å². The number of para-hydroxylation sites is 1. The Labute approximate surface area is 193 Å². The summed E-state index contributed by atoms with van der Waals surface area (Å²) in [5.41, 5.74) is 1.58. The van der Waals surface area contributed by atoms with E-state index in [9.17, 15) is 9.90 Å². The number of hydrogen-bond acceptors (Lipinski definition) is 5. The third-order valence-corrected chi connectivity index (χ3v) is 5.62. The maximum absolute atomic E-state index is 12.3. The van der Waals surface area contributed by atoms with Crippen LogP contribution in [-0.4, -0.2) is 72.0 Å². The average Bonchev–Trinajstić information content (AvgIpc) is 2.73. The Morgan fingerprint density at radius 2 is 1.61 bits per heavy atom. The molecule has 0 bridgehead atoms. The molecule has 1 N–H and O–H groups in total. The molecular formula is C24H32BrN3O3. The van der Waals surface area contributed by atoms with E-state index in [-0.39, 0.29) is 6.09 Å². The fraction of sp³-hybridized carbons (Fsp3) is 0.458. The number of rotatable bonds is 6. The van der Waals surface area contributed by atoms with Gasteiger partial charge in [0.1, 0.15) is 5.60 Å². The van der Waals surface area contributed by atoms with Crippen LogP contribution in [0.5, 0.6) is 0 Å². The number of β-amino-alcohol motifs (C(OH)–C–C–N with tert-alkyl or cyclic N) is 1. The summed E-state index contributed by atoms with van der Waals surface area (Å²) in [6.07, 6.45) is -0.796. The monoisotopic (exact) mass is 489 g/mol. The summed E-state index contributed by atoms with van der Waals surface area (Å²) in [7, 11) is 0. The second-order valence-electron chi connectivity index (χ2n) is 8.84. The smallest absolute Gasteiger partial charge is 0.410 e. The highest BCUT2D eigenvalue weighted by Crippen LogP contribution is 2.27. The zero-order valence-electron chi connectivity index (χ0n) is 18.5. The van der Waals surface area contributed by atoms with Crippen molar-refractivity contribution in [3.63, 3.8) is 0 Å². The quantitative estimate of drug-likeness (QED) is 0.647. The third-order valence-electron chi connectivity index (χ3n) is 5.09. The van der Waals surface area contributed by atoms with Crippen molar-refractivity contribution in [2.45, 2.75) is 32.5 Å². The van der Waals surface area contributed by atoms with E-state index in [2.05, 4.69) is 25.7 Å². The van der Waals surface area contributed by atoms with Crippen molar-refractivity contribution in [1.29, 1.82) is 0 Å². The number of amides is 1. The van der Waals surface area contributed by atoms with Crippen molar-refractivity contribution < 1.29 is 14.6 Å². The van der Waals surface area contributed by atoms with E-state index in [4.69, 9.17) is 4.74 Å². The Balaban J connectivity index is 1.57. The van der Waals surface area contributed by atoms with Gasteiger partial charge in [-0.3, -0.25) is 4.90 Å². The van der Waals surface area contributed by atoms with E-state index in [0.29, 0.717) is 26.2 Å². The molecule has 1 amide bonds. The fourth-order valence-electron chi connectivity index (χ4n) is 3.59. The molecule has 1 unspecified atom stereocenters. The molecule has 0 aromatic heterocycles. The number of aliphatic hydroxyl groups is 1. The van der Waals surface area contributed by atoms with Gasteiger partial charge in [0.05, 0.1) is 12.6 Å². The van der Waals surface area contributed by atoms with Crippen LogP contribution in [-0.2, 0) is 4.74 Å². The molecule has 0 radical (unpaired) electrons. The minimum atomic E-state index is -0.531. The van der Waals surface area contributed by atoms with Gasteiger partial charge < -0.3 is 19.6 Å². The molecule has 1 heterocycles. The lowest BCUT2D eigenvalue weighted by Gasteiger charge is -2.37. The van der Waals surface area contributed by atoms with Gasteiger partial charge in [0, 0.05) is 48.6 Å². The van der Waals surface area contributed by atoms with Crippen LogP contribution in [0.4, 0.5) is 16.2 Å². The number of nitrogens with zero attached hydrogens (tertiary/aromatic N) is 3. The number of ether oxygens (including phenoxy) is 1. The van der Waals surface area contributed by atoms with Gasteiger partial charge in [0.15, 0.2) is 0 Å². The molecule has 2 aromatic rings. The number of carbonyl (C=O) groups is 1. The van der Waals surface area contributed by atoms with Crippen LogP contribution in [0.25, 0.3) is 0 Å². The molecule has 1 fully saturated rings. The molecule has 3 rings (SSSR count). The van der Waals surface area contributed by atoms with Gasteiger partial charge in [-0.25, -0.2) is 4.79 Å². The Bertz CT molecular complexity index is 831. The molecule has 0 spiro atoms. The molecule has 168 valence electrons. The first-order chi connectivity index (χ1) is 14.7. The Morgan fingerprint density at radius 1 is 1.03 bits per heavy atom. The van der Waals surface area contributed by atoms with Crippen molar-refractivity contribution in [3.05, 3.63) is 59.1 Å². The van der Waals surface area contributed by atoms with Gasteiger partial charge in [-0.1, -0.05) is 34.1 Å². The lowest BCUT2D eigenvalue weighted by atomic mass is 10.2. The number of anilines is 2. The maximum Gasteiger partial charge on any atom is 0.410 e. The predicted octanol–water partition coefficient (Wildman–Crippen LogP) is 4.50. The van der Waals surface area contributed by atoms with Gasteiger partial charge >= 0.3 is 6.09 Å². The maximum atomic E-state index is 12.3. The van der Waals surface area contributed by atoms with Gasteiger partial charge in [-0.05, 0) is 57.2 Å². The number of hydrogen-bond donors (Lipinski definition) is 1. The van der Waals surface area contributed by atoms with E-state index in [1.165, 1.54) is 0 Å². The number of aliphatic hydroxyl groups excluding tert-OH is 1. The summed E-state index contributed by atoms with van der Waals surface area (Å²) in [6, 6.07) is 18.2. The van der Waals surface area contributed by atoms with Crippen molar-refractivity contribution >= 4 is 33.4 Å². The molecule has 31 heavy (non-hydrogen) atoms. The second-order valence-corrected chi connectivity index (χ2v) is 9.76. The Kier molecular flexibility index (Phi) is 7.97. The Hall–Kier alpha value is -2.09. The summed E-state index contributed by atoms with van der Waals surface area (Å²) >= 11 is 3.49. The molecule has 2 aromatic carbocycles. The summed E-state index contributed by atoms with van der Waals surface area (Å²) < 4.78 is 6.48. The number of halogens is 1. The van der Waals surface area contributed by atoms with Gasteiger partial charge in [0.2, 0.25) is 0 Å². The van der Waals surface area contributed by atoms with Gasteiger partial charge in [0.25, 0.3) is 0 Å². The van der Waals surface area contributed by atoms with Crippen LogP contribution in [0.1, 0.15) is 20.8 Å². The van der Waals surface area contributed by atoms with Gasteiger partial charge in [-0.2, -0.15) is 0 Å². The SMILES string of the molecule is CC(C)(C)OC(=O)N1CCN(CC(O)CN(c2ccccc2)c2ccc(Br)cc2)CC1. The lowest BCUT2D eigenvalue weighted by Crippen LogP contribution is -2.52. The Morgan fingerprint density at radius 3 is 2.19 bits per heavy atom. The minimum Gasteiger partial charge on any atom is -0.444 e. The molecule has 1 atom stereocenters. The summed E-state index contributed by atoms with van der Waals surface area (Å²) in [5.74, 6) is 0. The molecule has 1 saturated heterocycles. The van der Waals surface area contributed by atoms with Crippen molar-refractivity contribution in [2.75, 3.05) is 44.2 Å². The van der Waals surface area contributed by atoms with Crippen LogP contribution in [0, 0.1) is 0 Å². The van der Waals surface area contributed by atoms with E-state index < -0.39 is 11.7 Å². The van der Waals surface area contributed by atoms with E-state index >= 15 is 0 Å². The largest absolute Gasteiger partial charge is 0.444 e. The average molecular weight is 490 g/mol. The molecule has 7 heteroatoms. The summed E-state index contributed by atoms with van der Waals surface area (Å²) in [6.45, 7) is 9.33. The first-order valence-corrected chi connectivity index (χ1v) is 11.5. The van der Waals surface area contributed by atoms with E-state index in [0.717, 1.165) is 28.9 Å². The molecule has 6 nitrogen and oxygen atoms in total. The van der Waals surface area contributed by atoms with E-state index in [1.54, 1.807) is 4.90 Å². The first kappa shape index (κ1) is 23.6. The van der Waals surface area contributed by atoms with Crippen molar-refractivity contribution in [2.24, 2.45) is 0 Å². The van der Waals surface area contributed by atoms with Gasteiger partial charge in [-0.15, -0.1) is 0 Å². The number of benzene rings is 2. The molecule has 1 aliphatic heterocycles. The topological polar surface area (TPSA) is 56.3 Å². The standard InChI is InChI=1S/C24H32BrN3O3/c1-24(2,3)31-23(30)27-15-13-26(14-16-27)17-22(29)18-28(20-7-5-4-6-8-20)21-11-9-19(25)10-12-21/h4-12,22,29H,13-18H2,1-3H3. The van der Waals surface area contributed by atoms with Crippen LogP contribution < -0.4 is 4.90 Å². The number of carbonyl (C=O) groups excluding carboxylic acids is 1. The normalized spacial score (nSPS) is 16.1. The molecule has 1 aliphatic rings. The zero-order chi connectivity index (χ0) is 22.4. The summed E-state index contributed by atoms with van der Waals surface area (Å²) in [5, 5.41) is 10.9. The number of piperazine rings is 1. The molecule has 0 aliphatic carbocycles. The predicted molar refractivity (Wildman–Crippen MR) is 128 cm³/mol. The molecular weight excluding hydrogens is 458 g/mol. The zero-order valence-corrected chi connectivity index (χ0v) is 20.1. The third kappa shape index (κ3) is 7.23. The van der Waals surface area contributed by atoms with Crippen LogP contribution in [0.2, 0.25) is 0 Å². The highest BCUT2D eigenvalue weighted by atomic mass is 79.9. The highest BCUT2D eigenvalue weighted by Gasteiger charge is 2.27. The van der Waals surface area contributed by atoms with Crippen molar-refractivity contribution in [1.82, 2.24) is 9.80 Å². The second kappa shape index (κ2) is 10.5. The van der Waals surface area contributed by atoms with Crippen LogP contribution in [0.15, 0.2) is 59.1 Å². The van der Waals surface area contributed by atoms with Crippen LogP contribution >= 0.6 is 15.9 Å². The summed E-state index contributed by atoms with van der Waals surface area (Å²) in [4.78, 5) is 18.3. The minimum absolute atomic E-state index is 0.266. The van der Waals surface area contributed by atoms with Crippen LogP contribution in [0.3, 0.4) is 0 Å². The first-order valence-electron chi connectivity index (χ1n) is 10.7. The lowest BCUT2D eigenvalue weighted by molar-refractivity contribution is 0.0106. The molecule has 0 saturated carbocycles. The fourth-order valence-corrected chi connectivity index (χ4v) is 3.86. The van der Waals surface area contributed by atoms with E-state index in [1.807, 2.05) is 75.4 Å².